The summed E-state index contributed by atoms with van der Waals surface area (Å²) < 4.78 is 24.2. The Morgan fingerprint density at radius 1 is 1.14 bits per heavy atom. The van der Waals surface area contributed by atoms with E-state index in [2.05, 4.69) is 4.99 Å². The minimum atomic E-state index is -0.863. The van der Waals surface area contributed by atoms with Gasteiger partial charge >= 0.3 is 5.97 Å². The molecule has 1 unspecified atom stereocenters. The molecular formula is C30H27N3O8S. The first kappa shape index (κ1) is 28.6. The number of carbonyl (C=O) groups excluding carboxylic acids is 1. The fourth-order valence-corrected chi connectivity index (χ4v) is 5.90. The van der Waals surface area contributed by atoms with E-state index in [1.165, 1.54) is 30.9 Å². The van der Waals surface area contributed by atoms with Gasteiger partial charge in [0.25, 0.3) is 11.2 Å². The Morgan fingerprint density at radius 2 is 1.93 bits per heavy atom. The van der Waals surface area contributed by atoms with Crippen LogP contribution in [0, 0.1) is 17.0 Å². The van der Waals surface area contributed by atoms with Gasteiger partial charge in [-0.05, 0) is 56.7 Å². The summed E-state index contributed by atoms with van der Waals surface area (Å²) in [6, 6.07) is 12.3. The fraction of sp³-hybridized carbons (Fsp3) is 0.233. The first-order valence-electron chi connectivity index (χ1n) is 12.9. The van der Waals surface area contributed by atoms with E-state index < -0.39 is 16.9 Å². The highest BCUT2D eigenvalue weighted by Gasteiger charge is 2.35. The lowest BCUT2D eigenvalue weighted by Crippen LogP contribution is -2.40. The summed E-state index contributed by atoms with van der Waals surface area (Å²) in [5.74, 6) is 1.32. The number of fused-ring (bicyclic) bond motifs is 1. The van der Waals surface area contributed by atoms with Gasteiger partial charge in [-0.25, -0.2) is 9.79 Å². The number of hydrogen-bond acceptors (Lipinski definition) is 10. The molecular weight excluding hydrogens is 562 g/mol. The van der Waals surface area contributed by atoms with Crippen LogP contribution >= 0.6 is 11.3 Å². The van der Waals surface area contributed by atoms with E-state index in [4.69, 9.17) is 18.6 Å². The van der Waals surface area contributed by atoms with Crippen LogP contribution in [0.2, 0.25) is 0 Å². The molecule has 0 fully saturated rings. The second kappa shape index (κ2) is 11.5. The quantitative estimate of drug-likeness (QED) is 0.169. The molecule has 0 spiro atoms. The Bertz CT molecular complexity index is 1930. The number of nitrogens with zero attached hydrogens (tertiary/aromatic N) is 3. The van der Waals surface area contributed by atoms with Gasteiger partial charge in [0.05, 0.1) is 41.6 Å². The smallest absolute Gasteiger partial charge is 0.338 e. The van der Waals surface area contributed by atoms with Crippen LogP contribution in [0.4, 0.5) is 5.69 Å². The van der Waals surface area contributed by atoms with E-state index in [9.17, 15) is 19.7 Å². The highest BCUT2D eigenvalue weighted by Crippen LogP contribution is 2.37. The third-order valence-corrected chi connectivity index (χ3v) is 7.82. The predicted octanol–water partition coefficient (Wildman–Crippen LogP) is 4.29. The van der Waals surface area contributed by atoms with Gasteiger partial charge in [-0.2, -0.15) is 0 Å². The first-order chi connectivity index (χ1) is 20.2. The normalized spacial score (nSPS) is 14.8. The molecule has 0 aliphatic carbocycles. The van der Waals surface area contributed by atoms with Gasteiger partial charge in [-0.1, -0.05) is 11.3 Å². The molecule has 12 heteroatoms. The average molecular weight is 590 g/mol. The molecule has 0 saturated carbocycles. The standard InChI is InChI=1S/C30H27N3O8S/c1-6-40-29(35)26-17(3)31-30-32(27(26)22-11-8-19(38-4)14-24(22)39-5)28(34)25(42-30)15-20-9-12-23(41-20)21-10-7-18(33(36)37)13-16(21)2/h7-15,27H,6H2,1-5H3. The number of aryl methyl sites for hydroxylation is 1. The maximum Gasteiger partial charge on any atom is 0.338 e. The van der Waals surface area contributed by atoms with Crippen LogP contribution in [0.25, 0.3) is 17.4 Å². The van der Waals surface area contributed by atoms with Crippen LogP contribution in [0.5, 0.6) is 11.5 Å². The Balaban J connectivity index is 1.64. The monoisotopic (exact) mass is 589 g/mol. The molecule has 3 heterocycles. The van der Waals surface area contributed by atoms with E-state index in [0.29, 0.717) is 54.7 Å². The maximum atomic E-state index is 13.9. The van der Waals surface area contributed by atoms with Crippen LogP contribution < -0.4 is 24.4 Å². The second-order valence-corrected chi connectivity index (χ2v) is 10.4. The van der Waals surface area contributed by atoms with Gasteiger partial charge in [0, 0.05) is 35.4 Å². The van der Waals surface area contributed by atoms with E-state index >= 15 is 0 Å². The van der Waals surface area contributed by atoms with Crippen molar-refractivity contribution in [2.75, 3.05) is 20.8 Å². The summed E-state index contributed by atoms with van der Waals surface area (Å²) in [7, 11) is 3.04. The molecule has 1 aliphatic rings. The van der Waals surface area contributed by atoms with Crippen molar-refractivity contribution >= 4 is 29.1 Å². The molecule has 11 nitrogen and oxygen atoms in total. The van der Waals surface area contributed by atoms with Crippen molar-refractivity contribution in [1.29, 1.82) is 0 Å². The molecule has 216 valence electrons. The number of ether oxygens (including phenoxy) is 3. The minimum absolute atomic E-state index is 0.00957. The van der Waals surface area contributed by atoms with Gasteiger partial charge < -0.3 is 18.6 Å². The lowest BCUT2D eigenvalue weighted by atomic mass is 9.95. The third kappa shape index (κ3) is 5.12. The summed E-state index contributed by atoms with van der Waals surface area (Å²) >= 11 is 1.16. The van der Waals surface area contributed by atoms with Crippen LogP contribution in [-0.4, -0.2) is 36.3 Å². The number of esters is 1. The number of aromatic nitrogens is 1. The van der Waals surface area contributed by atoms with Gasteiger partial charge in [0.1, 0.15) is 29.1 Å². The predicted molar refractivity (Wildman–Crippen MR) is 155 cm³/mol. The number of hydrogen-bond donors (Lipinski definition) is 0. The average Bonchev–Trinajstić information content (AvgIpc) is 3.55. The van der Waals surface area contributed by atoms with Gasteiger partial charge in [0.15, 0.2) is 4.80 Å². The zero-order chi connectivity index (χ0) is 30.1. The van der Waals surface area contributed by atoms with Crippen LogP contribution in [-0.2, 0) is 9.53 Å². The zero-order valence-corrected chi connectivity index (χ0v) is 24.3. The molecule has 4 aromatic rings. The molecule has 0 saturated heterocycles. The molecule has 0 bridgehead atoms. The Kier molecular flexibility index (Phi) is 7.81. The topological polar surface area (TPSA) is 135 Å². The molecule has 2 aromatic heterocycles. The molecule has 1 aliphatic heterocycles. The third-order valence-electron chi connectivity index (χ3n) is 6.84. The molecule has 2 aromatic carbocycles. The maximum absolute atomic E-state index is 13.9. The summed E-state index contributed by atoms with van der Waals surface area (Å²) in [5.41, 5.74) is 2.22. The number of allylic oxidation sites excluding steroid dienone is 1. The molecule has 1 atom stereocenters. The number of nitro groups is 1. The summed E-state index contributed by atoms with van der Waals surface area (Å²) in [5, 5.41) is 11.1. The van der Waals surface area contributed by atoms with E-state index in [-0.39, 0.29) is 23.4 Å². The number of non-ortho nitro benzene ring substituents is 1. The number of benzene rings is 2. The lowest BCUT2D eigenvalue weighted by molar-refractivity contribution is -0.384. The number of nitro benzene ring substituents is 1. The number of carbonyl (C=O) groups is 1. The number of thiazole rings is 1. The molecule has 0 amide bonds. The van der Waals surface area contributed by atoms with Crippen molar-refractivity contribution in [3.05, 3.63) is 106 Å². The first-order valence-corrected chi connectivity index (χ1v) is 13.7. The Morgan fingerprint density at radius 3 is 2.60 bits per heavy atom. The van der Waals surface area contributed by atoms with E-state index in [0.717, 1.165) is 11.3 Å². The SMILES string of the molecule is CCOC(=O)C1=C(C)N=c2sc(=Cc3ccc(-c4ccc([N+](=O)[O-])cc4C)o3)c(=O)n2C1c1ccc(OC)cc1OC. The van der Waals surface area contributed by atoms with Crippen molar-refractivity contribution < 1.29 is 28.3 Å². The largest absolute Gasteiger partial charge is 0.497 e. The highest BCUT2D eigenvalue weighted by atomic mass is 32.1. The van der Waals surface area contributed by atoms with Crippen molar-refractivity contribution in [1.82, 2.24) is 4.57 Å². The van der Waals surface area contributed by atoms with Crippen LogP contribution in [0.15, 0.2) is 74.0 Å². The van der Waals surface area contributed by atoms with Crippen molar-refractivity contribution in [3.8, 4) is 22.8 Å². The van der Waals surface area contributed by atoms with Gasteiger partial charge in [0.2, 0.25) is 0 Å². The van der Waals surface area contributed by atoms with Crippen LogP contribution in [0.3, 0.4) is 0 Å². The van der Waals surface area contributed by atoms with Gasteiger partial charge in [-0.3, -0.25) is 19.5 Å². The molecule has 42 heavy (non-hydrogen) atoms. The summed E-state index contributed by atoms with van der Waals surface area (Å²) in [4.78, 5) is 42.8. The lowest BCUT2D eigenvalue weighted by Gasteiger charge is -2.26. The fourth-order valence-electron chi connectivity index (χ4n) is 4.87. The number of methoxy groups -OCH3 is 2. The number of furan rings is 1. The zero-order valence-electron chi connectivity index (χ0n) is 23.5. The summed E-state index contributed by atoms with van der Waals surface area (Å²) in [6.45, 7) is 5.33. The minimum Gasteiger partial charge on any atom is -0.497 e. The molecule has 0 N–H and O–H groups in total. The number of rotatable bonds is 8. The van der Waals surface area contributed by atoms with E-state index in [1.54, 1.807) is 63.2 Å². The Labute approximate surface area is 243 Å². The van der Waals surface area contributed by atoms with E-state index in [1.807, 2.05) is 0 Å². The van der Waals surface area contributed by atoms with Gasteiger partial charge in [-0.15, -0.1) is 0 Å². The van der Waals surface area contributed by atoms with Crippen molar-refractivity contribution in [2.24, 2.45) is 4.99 Å². The molecule has 5 rings (SSSR count). The van der Waals surface area contributed by atoms with Crippen LogP contribution in [0.1, 0.15) is 36.8 Å². The van der Waals surface area contributed by atoms with Crippen molar-refractivity contribution in [3.63, 3.8) is 0 Å². The highest BCUT2D eigenvalue weighted by molar-refractivity contribution is 7.07. The van der Waals surface area contributed by atoms with Crippen molar-refractivity contribution in [2.45, 2.75) is 26.8 Å². The Hall–Kier alpha value is -4.97. The summed E-state index contributed by atoms with van der Waals surface area (Å²) in [6.07, 6.45) is 1.61. The molecule has 0 radical (unpaired) electrons. The second-order valence-electron chi connectivity index (χ2n) is 9.37.